The Bertz CT molecular complexity index is 4280. The molecule has 6 aliphatic heterocycles. The van der Waals surface area contributed by atoms with E-state index in [-0.39, 0.29) is 150 Å². The van der Waals surface area contributed by atoms with Crippen molar-refractivity contribution < 1.29 is 171 Å². The molecule has 6 heterocycles. The predicted molar refractivity (Wildman–Crippen MR) is 476 cm³/mol. The standard InChI is InChI=1S/2C26H38O10.2C13H14O5.2C9H12O3.2CH4/c1-17-6-11-22(23(12-17)25(28)33-5)26(29)36-16-21(32-4)15-35-24(27)18-7-9-19(10-8-18)34-14-20(31-3)13-30-2;1-17-10-11-20(22(12-17)24(27)33-5)25(28)35-15-19(32-4)16-36-26(29)21-8-6-7-9-23(21)34-14-18(31-3)13-30-2;14-13(18-8-12-7-17-12)9-1-3-10(4-2-9)15-5-11-6-16-11;14-13(18-8-10-6-16-10)11-3-1-2-4-12(11)17-7-9-5-15-9;2*1-5-2-3-6-7(4-5)9(11)12-8(6)10;;/h7-10,17,20-23H,6,11-16H2,1-5H3;6-9,17-20,22H,10-16H2,1-5H3;1-4,11-12H,5-8H2;1-4,9-10H,5-8H2;2*5-7H,2-4H2,1H3;2*1H4. The third-order valence-corrected chi connectivity index (χ3v) is 23.9. The van der Waals surface area contributed by atoms with Crippen LogP contribution >= 0.6 is 0 Å². The molecule has 0 N–H and O–H groups in total. The summed E-state index contributed by atoms with van der Waals surface area (Å²) in [4.78, 5) is 143. The largest absolute Gasteiger partial charge is 0.491 e. The van der Waals surface area contributed by atoms with E-state index in [1.54, 1.807) is 119 Å². The van der Waals surface area contributed by atoms with Gasteiger partial charge in [0, 0.05) is 42.7 Å². The molecule has 0 aromatic heterocycles. The van der Waals surface area contributed by atoms with Gasteiger partial charge in [-0.25, -0.2) is 19.2 Å². The average molecular weight is 1890 g/mol. The fraction of sp³-hybridized carbons (Fsp3) is 0.633. The highest BCUT2D eigenvalue weighted by Gasteiger charge is 2.49. The van der Waals surface area contributed by atoms with E-state index in [1.165, 1.54) is 28.4 Å². The number of carbonyl (C=O) groups is 12. The summed E-state index contributed by atoms with van der Waals surface area (Å²) < 4.78 is 124. The quantitative estimate of drug-likeness (QED) is 0.0173. The summed E-state index contributed by atoms with van der Waals surface area (Å²) in [6.45, 7) is 13.6. The molecule has 0 radical (unpaired) electrons. The number of fused-ring (bicyclic) bond motifs is 2. The second kappa shape index (κ2) is 57.6. The number of hydrogen-bond acceptors (Lipinski definition) is 36. The smallest absolute Gasteiger partial charge is 0.342 e. The number of methoxy groups -OCH3 is 8. The summed E-state index contributed by atoms with van der Waals surface area (Å²) in [5, 5.41) is 0. The van der Waals surface area contributed by atoms with Gasteiger partial charge in [0.15, 0.2) is 0 Å². The third kappa shape index (κ3) is 36.7. The lowest BCUT2D eigenvalue weighted by Gasteiger charge is -2.31. The summed E-state index contributed by atoms with van der Waals surface area (Å²) in [6.07, 6.45) is 8.09. The number of carbonyl (C=O) groups excluding carboxylic acids is 12. The van der Waals surface area contributed by atoms with E-state index in [4.69, 9.17) is 104 Å². The normalized spacial score (nSPS) is 25.3. The number of ether oxygens (including phenoxy) is 24. The predicted octanol–water partition coefficient (Wildman–Crippen LogP) is 10.9. The van der Waals surface area contributed by atoms with Gasteiger partial charge in [-0.3, -0.25) is 38.4 Å². The summed E-state index contributed by atoms with van der Waals surface area (Å²) in [7, 11) is 11.8. The minimum absolute atomic E-state index is 0. The minimum Gasteiger partial charge on any atom is -0.491 e. The Morgan fingerprint density at radius 3 is 1.04 bits per heavy atom. The summed E-state index contributed by atoms with van der Waals surface area (Å²) >= 11 is 0. The van der Waals surface area contributed by atoms with Crippen LogP contribution in [0.4, 0.5) is 0 Å². The Hall–Kier alpha value is -10.3. The van der Waals surface area contributed by atoms with Crippen molar-refractivity contribution in [2.24, 2.45) is 71.0 Å². The maximum Gasteiger partial charge on any atom is 0.342 e. The minimum atomic E-state index is -0.676. The zero-order valence-electron chi connectivity index (χ0n) is 77.3. The van der Waals surface area contributed by atoms with E-state index in [9.17, 15) is 57.5 Å². The first-order chi connectivity index (χ1) is 63.7. The number of hydrogen-bond donors (Lipinski definition) is 0. The monoisotopic (exact) mass is 1890 g/mol. The average Bonchev–Trinajstić information content (AvgIpc) is 1.66. The molecule has 744 valence electrons. The number of para-hydroxylation sites is 2. The van der Waals surface area contributed by atoms with Gasteiger partial charge < -0.3 is 114 Å². The van der Waals surface area contributed by atoms with Gasteiger partial charge in [-0.15, -0.1) is 0 Å². The van der Waals surface area contributed by atoms with Crippen molar-refractivity contribution in [2.75, 3.05) is 163 Å². The molecule has 0 spiro atoms. The van der Waals surface area contributed by atoms with E-state index in [2.05, 4.69) is 23.3 Å². The third-order valence-electron chi connectivity index (χ3n) is 23.9. The van der Waals surface area contributed by atoms with Crippen molar-refractivity contribution in [1.82, 2.24) is 0 Å². The summed E-state index contributed by atoms with van der Waals surface area (Å²) in [5.74, 6) is -3.45. The number of cyclic esters (lactones) is 4. The van der Waals surface area contributed by atoms with Gasteiger partial charge >= 0.3 is 71.6 Å². The first-order valence-electron chi connectivity index (χ1n) is 44.8. The summed E-state index contributed by atoms with van der Waals surface area (Å²) in [5.41, 5.74) is 1.55. The molecule has 4 aromatic carbocycles. The van der Waals surface area contributed by atoms with Crippen LogP contribution in [-0.4, -0.2) is 283 Å². The van der Waals surface area contributed by atoms with Crippen molar-refractivity contribution in [1.29, 1.82) is 0 Å². The van der Waals surface area contributed by atoms with Crippen molar-refractivity contribution in [3.05, 3.63) is 119 Å². The van der Waals surface area contributed by atoms with Crippen LogP contribution < -0.4 is 18.9 Å². The zero-order valence-corrected chi connectivity index (χ0v) is 77.3. The first kappa shape index (κ1) is 111. The second-order valence-corrected chi connectivity index (χ2v) is 34.2. The fourth-order valence-corrected chi connectivity index (χ4v) is 15.5. The second-order valence-electron chi connectivity index (χ2n) is 34.2. The van der Waals surface area contributed by atoms with Gasteiger partial charge in [-0.05, 0) is 174 Å². The van der Waals surface area contributed by atoms with E-state index >= 15 is 0 Å². The van der Waals surface area contributed by atoms with Crippen LogP contribution in [0, 0.1) is 71.0 Å². The molecule has 6 saturated heterocycles. The zero-order chi connectivity index (χ0) is 95.2. The molecule has 20 unspecified atom stereocenters. The maximum absolute atomic E-state index is 12.7. The van der Waals surface area contributed by atoms with Gasteiger partial charge in [0.2, 0.25) is 0 Å². The molecule has 10 fully saturated rings. The lowest BCUT2D eigenvalue weighted by atomic mass is 9.74. The lowest BCUT2D eigenvalue weighted by molar-refractivity contribution is -0.164. The van der Waals surface area contributed by atoms with E-state index < -0.39 is 71.7 Å². The molecule has 4 aromatic rings. The van der Waals surface area contributed by atoms with Crippen LogP contribution in [0.3, 0.4) is 0 Å². The highest BCUT2D eigenvalue weighted by atomic mass is 16.6. The Morgan fingerprint density at radius 2 is 0.634 bits per heavy atom. The van der Waals surface area contributed by atoms with Crippen LogP contribution in [-0.2, 0) is 133 Å². The molecular formula is C98H136O36. The molecule has 0 amide bonds. The molecule has 14 rings (SSSR count). The topological polar surface area (TPSA) is 440 Å². The van der Waals surface area contributed by atoms with Crippen molar-refractivity contribution in [2.45, 2.75) is 168 Å². The molecule has 4 aliphatic carbocycles. The van der Waals surface area contributed by atoms with Crippen LogP contribution in [0.15, 0.2) is 97.1 Å². The van der Waals surface area contributed by atoms with Crippen molar-refractivity contribution in [3.8, 4) is 23.0 Å². The first-order valence-corrected chi connectivity index (χ1v) is 44.8. The van der Waals surface area contributed by atoms with Crippen LogP contribution in [0.1, 0.15) is 161 Å². The van der Waals surface area contributed by atoms with Crippen LogP contribution in [0.5, 0.6) is 23.0 Å². The van der Waals surface area contributed by atoms with Crippen LogP contribution in [0.2, 0.25) is 0 Å². The van der Waals surface area contributed by atoms with E-state index in [1.807, 2.05) is 19.9 Å². The fourth-order valence-electron chi connectivity index (χ4n) is 15.5. The molecule has 10 aliphatic rings. The van der Waals surface area contributed by atoms with Gasteiger partial charge in [-0.2, -0.15) is 0 Å². The number of benzene rings is 4. The molecule has 20 atom stereocenters. The Balaban J connectivity index is 0.000000230. The van der Waals surface area contributed by atoms with Gasteiger partial charge in [0.1, 0.15) is 149 Å². The molecular weight excluding hydrogens is 1750 g/mol. The van der Waals surface area contributed by atoms with E-state index in [0.717, 1.165) is 70.3 Å². The Labute approximate surface area is 783 Å². The number of rotatable bonds is 40. The number of epoxide rings is 4. The van der Waals surface area contributed by atoms with Crippen LogP contribution in [0.25, 0.3) is 0 Å². The van der Waals surface area contributed by atoms with Gasteiger partial charge in [0.25, 0.3) is 0 Å². The lowest BCUT2D eigenvalue weighted by Crippen LogP contribution is -2.38. The molecule has 4 saturated carbocycles. The van der Waals surface area contributed by atoms with Crippen molar-refractivity contribution in [3.63, 3.8) is 0 Å². The number of esters is 12. The molecule has 0 bridgehead atoms. The SMILES string of the molecule is C.C.CC1CCC2C(=O)OC(=O)C2C1.CC1CCC2C(=O)OC(=O)C2C1.COCC(COc1ccc(C(=O)OCC(COC(=O)C2CCC(C)CC2C(=O)OC)OC)cc1)OC.COCC(COc1ccccc1C(=O)OCC(COC(=O)C1CCC(C)CC1C(=O)OC)OC)OC.O=C(OCC1CO1)c1ccc(OCC2CO2)cc1.O=C(OCC1CO1)c1ccccc1OCC1CO1. The molecule has 36 heteroatoms. The van der Waals surface area contributed by atoms with Gasteiger partial charge in [0.05, 0.1) is 112 Å². The highest BCUT2D eigenvalue weighted by molar-refractivity contribution is 5.98. The van der Waals surface area contributed by atoms with E-state index in [0.29, 0.717) is 143 Å². The van der Waals surface area contributed by atoms with Gasteiger partial charge in [-0.1, -0.05) is 66.8 Å². The molecule has 36 nitrogen and oxygen atoms in total. The summed E-state index contributed by atoms with van der Waals surface area (Å²) in [6, 6.07) is 27.2. The maximum atomic E-state index is 12.7. The Kier molecular flexibility index (Phi) is 47.6. The molecule has 134 heavy (non-hydrogen) atoms. The highest BCUT2D eigenvalue weighted by Crippen LogP contribution is 2.42. The van der Waals surface area contributed by atoms with Crippen molar-refractivity contribution >= 4 is 71.6 Å². The Morgan fingerprint density at radius 1 is 0.313 bits per heavy atom.